The quantitative estimate of drug-likeness (QED) is 0.819. The van der Waals surface area contributed by atoms with E-state index in [0.29, 0.717) is 6.04 Å². The van der Waals surface area contributed by atoms with Crippen molar-refractivity contribution in [2.24, 2.45) is 5.92 Å². The lowest BCUT2D eigenvalue weighted by atomic mass is 9.82. The largest absolute Gasteiger partial charge is 0.382 e. The van der Waals surface area contributed by atoms with E-state index in [1.54, 1.807) is 0 Å². The predicted molar refractivity (Wildman–Crippen MR) is 69.7 cm³/mol. The molecule has 0 bridgehead atoms. The Morgan fingerprint density at radius 3 is 2.71 bits per heavy atom. The van der Waals surface area contributed by atoms with E-state index in [0.717, 1.165) is 5.92 Å². The molecule has 0 heterocycles. The highest BCUT2D eigenvalue weighted by Crippen LogP contribution is 2.31. The van der Waals surface area contributed by atoms with Gasteiger partial charge in [0.05, 0.1) is 0 Å². The number of hydrogen-bond donors (Lipinski definition) is 1. The molecule has 2 heteroatoms. The summed E-state index contributed by atoms with van der Waals surface area (Å²) in [6, 6.07) is 7.17. The van der Waals surface area contributed by atoms with Crippen molar-refractivity contribution in [3.05, 3.63) is 27.3 Å². The van der Waals surface area contributed by atoms with Crippen LogP contribution < -0.4 is 5.32 Å². The molecule has 1 aliphatic carbocycles. The minimum absolute atomic E-state index is 0.710. The summed E-state index contributed by atoms with van der Waals surface area (Å²) in [5.74, 6) is 0.913. The summed E-state index contributed by atoms with van der Waals surface area (Å²) in [5, 5.41) is 3.61. The Labute approximate surface area is 99.4 Å². The van der Waals surface area contributed by atoms with Gasteiger partial charge in [-0.2, -0.15) is 0 Å². The maximum Gasteiger partial charge on any atom is 0.0382 e. The van der Waals surface area contributed by atoms with E-state index in [4.69, 9.17) is 0 Å². The van der Waals surface area contributed by atoms with Gasteiger partial charge in [0, 0.05) is 15.3 Å². The monoisotopic (exact) mass is 301 g/mol. The van der Waals surface area contributed by atoms with Gasteiger partial charge in [-0.3, -0.25) is 0 Å². The molecule has 0 amide bonds. The zero-order valence-electron chi connectivity index (χ0n) is 8.68. The van der Waals surface area contributed by atoms with Crippen molar-refractivity contribution in [1.82, 2.24) is 0 Å². The average Bonchev–Trinajstić information content (AvgIpc) is 2.10. The molecule has 1 aromatic rings. The van der Waals surface area contributed by atoms with Crippen LogP contribution in [0.15, 0.2) is 18.2 Å². The number of anilines is 1. The summed E-state index contributed by atoms with van der Waals surface area (Å²) in [6.45, 7) is 4.51. The summed E-state index contributed by atoms with van der Waals surface area (Å²) in [4.78, 5) is 0. The van der Waals surface area contributed by atoms with Crippen molar-refractivity contribution < 1.29 is 0 Å². The standard InChI is InChI=1S/C12H16IN/c1-8-6-10(7-8)14-12-5-3-4-11(13)9(12)2/h3-5,8,10,14H,6-7H2,1-2H3. The smallest absolute Gasteiger partial charge is 0.0382 e. The van der Waals surface area contributed by atoms with Crippen LogP contribution in [0.5, 0.6) is 0 Å². The first-order valence-electron chi connectivity index (χ1n) is 5.18. The van der Waals surface area contributed by atoms with E-state index in [1.807, 2.05) is 0 Å². The Hall–Kier alpha value is -0.250. The molecule has 2 rings (SSSR count). The van der Waals surface area contributed by atoms with Crippen LogP contribution in [0.1, 0.15) is 25.3 Å². The van der Waals surface area contributed by atoms with Crippen molar-refractivity contribution in [2.75, 3.05) is 5.32 Å². The lowest BCUT2D eigenvalue weighted by Crippen LogP contribution is -2.34. The minimum atomic E-state index is 0.710. The zero-order valence-corrected chi connectivity index (χ0v) is 10.8. The molecule has 0 saturated heterocycles. The molecule has 0 aliphatic heterocycles. The van der Waals surface area contributed by atoms with Crippen LogP contribution in [0.4, 0.5) is 5.69 Å². The minimum Gasteiger partial charge on any atom is -0.382 e. The normalized spacial score (nSPS) is 25.6. The molecule has 1 fully saturated rings. The zero-order chi connectivity index (χ0) is 10.1. The molecule has 1 aliphatic rings. The number of hydrogen-bond acceptors (Lipinski definition) is 1. The SMILES string of the molecule is Cc1c(I)cccc1NC1CC(C)C1. The van der Waals surface area contributed by atoms with Gasteiger partial charge in [0.1, 0.15) is 0 Å². The number of halogens is 1. The Kier molecular flexibility index (Phi) is 3.00. The number of benzene rings is 1. The molecule has 0 aromatic heterocycles. The van der Waals surface area contributed by atoms with Crippen molar-refractivity contribution in [3.63, 3.8) is 0 Å². The topological polar surface area (TPSA) is 12.0 Å². The highest BCUT2D eigenvalue weighted by atomic mass is 127. The maximum absolute atomic E-state index is 3.61. The molecule has 0 unspecified atom stereocenters. The lowest BCUT2D eigenvalue weighted by Gasteiger charge is -2.34. The molecule has 1 N–H and O–H groups in total. The Morgan fingerprint density at radius 2 is 2.07 bits per heavy atom. The van der Waals surface area contributed by atoms with Gasteiger partial charge in [0.2, 0.25) is 0 Å². The summed E-state index contributed by atoms with van der Waals surface area (Å²) >= 11 is 2.39. The number of rotatable bonds is 2. The van der Waals surface area contributed by atoms with E-state index in [-0.39, 0.29) is 0 Å². The fraction of sp³-hybridized carbons (Fsp3) is 0.500. The van der Waals surface area contributed by atoms with Gasteiger partial charge in [0.15, 0.2) is 0 Å². The first-order valence-corrected chi connectivity index (χ1v) is 6.26. The molecule has 1 saturated carbocycles. The van der Waals surface area contributed by atoms with Gasteiger partial charge in [-0.25, -0.2) is 0 Å². The van der Waals surface area contributed by atoms with Crippen LogP contribution in [-0.2, 0) is 0 Å². The fourth-order valence-electron chi connectivity index (χ4n) is 2.00. The van der Waals surface area contributed by atoms with Crippen LogP contribution in [0.2, 0.25) is 0 Å². The van der Waals surface area contributed by atoms with Gasteiger partial charge >= 0.3 is 0 Å². The molecule has 14 heavy (non-hydrogen) atoms. The second-order valence-corrected chi connectivity index (χ2v) is 5.49. The Morgan fingerprint density at radius 1 is 1.36 bits per heavy atom. The van der Waals surface area contributed by atoms with Crippen LogP contribution in [0, 0.1) is 16.4 Å². The highest BCUT2D eigenvalue weighted by Gasteiger charge is 2.25. The van der Waals surface area contributed by atoms with Crippen LogP contribution in [0.3, 0.4) is 0 Å². The van der Waals surface area contributed by atoms with E-state index in [2.05, 4.69) is 60.0 Å². The predicted octanol–water partition coefficient (Wildman–Crippen LogP) is 3.81. The molecule has 0 radical (unpaired) electrons. The van der Waals surface area contributed by atoms with Crippen molar-refractivity contribution in [3.8, 4) is 0 Å². The molecule has 0 spiro atoms. The molecule has 1 nitrogen and oxygen atoms in total. The molecule has 1 aromatic carbocycles. The molecule has 0 atom stereocenters. The van der Waals surface area contributed by atoms with Gasteiger partial charge in [-0.05, 0) is 66.0 Å². The van der Waals surface area contributed by atoms with Crippen LogP contribution >= 0.6 is 22.6 Å². The van der Waals surface area contributed by atoms with Crippen molar-refractivity contribution in [2.45, 2.75) is 32.7 Å². The van der Waals surface area contributed by atoms with Crippen LogP contribution in [0.25, 0.3) is 0 Å². The van der Waals surface area contributed by atoms with Gasteiger partial charge in [0.25, 0.3) is 0 Å². The summed E-state index contributed by atoms with van der Waals surface area (Å²) in [6.07, 6.45) is 2.65. The summed E-state index contributed by atoms with van der Waals surface area (Å²) < 4.78 is 1.35. The van der Waals surface area contributed by atoms with E-state index in [9.17, 15) is 0 Å². The summed E-state index contributed by atoms with van der Waals surface area (Å²) in [5.41, 5.74) is 2.70. The van der Waals surface area contributed by atoms with Crippen molar-refractivity contribution >= 4 is 28.3 Å². The molecule has 76 valence electrons. The third kappa shape index (κ3) is 2.05. The molecular formula is C12H16IN. The first kappa shape index (κ1) is 10.3. The van der Waals surface area contributed by atoms with E-state index in [1.165, 1.54) is 27.7 Å². The van der Waals surface area contributed by atoms with Gasteiger partial charge < -0.3 is 5.32 Å². The van der Waals surface area contributed by atoms with E-state index >= 15 is 0 Å². The fourth-order valence-corrected chi connectivity index (χ4v) is 2.50. The summed E-state index contributed by atoms with van der Waals surface area (Å²) in [7, 11) is 0. The lowest BCUT2D eigenvalue weighted by molar-refractivity contribution is 0.309. The van der Waals surface area contributed by atoms with Crippen LogP contribution in [-0.4, -0.2) is 6.04 Å². The van der Waals surface area contributed by atoms with Gasteiger partial charge in [-0.1, -0.05) is 13.0 Å². The maximum atomic E-state index is 3.61. The molecular weight excluding hydrogens is 285 g/mol. The second-order valence-electron chi connectivity index (χ2n) is 4.33. The second kappa shape index (κ2) is 4.09. The average molecular weight is 301 g/mol. The third-order valence-corrected chi connectivity index (χ3v) is 4.17. The number of nitrogens with one attached hydrogen (secondary N) is 1. The van der Waals surface area contributed by atoms with Crippen molar-refractivity contribution in [1.29, 1.82) is 0 Å². The Bertz CT molecular complexity index is 329. The van der Waals surface area contributed by atoms with E-state index < -0.39 is 0 Å². The van der Waals surface area contributed by atoms with Gasteiger partial charge in [-0.15, -0.1) is 0 Å². The first-order chi connectivity index (χ1) is 6.66. The third-order valence-electron chi connectivity index (χ3n) is 3.00. The highest BCUT2D eigenvalue weighted by molar-refractivity contribution is 14.1. The Balaban J connectivity index is 2.06.